The van der Waals surface area contributed by atoms with Gasteiger partial charge < -0.3 is 9.84 Å². The zero-order chi connectivity index (χ0) is 16.8. The van der Waals surface area contributed by atoms with E-state index in [2.05, 4.69) is 10.1 Å². The van der Waals surface area contributed by atoms with Crippen molar-refractivity contribution in [2.75, 3.05) is 0 Å². The number of hydrogen-bond donors (Lipinski definition) is 1. The summed E-state index contributed by atoms with van der Waals surface area (Å²) in [5.41, 5.74) is 1.91. The Bertz CT molecular complexity index is 798. The van der Waals surface area contributed by atoms with Crippen LogP contribution in [0.15, 0.2) is 60.9 Å². The Kier molecular flexibility index (Phi) is 4.86. The van der Waals surface area contributed by atoms with Gasteiger partial charge in [0.05, 0.1) is 5.69 Å². The molecule has 3 aromatic rings. The SMILES string of the molecule is O=C(O)CCc1ccc(OCc2ncn(-c3ccccc3)n2)cc1. The van der Waals surface area contributed by atoms with Crippen LogP contribution < -0.4 is 4.74 Å². The predicted octanol–water partition coefficient (Wildman–Crippen LogP) is 2.86. The molecule has 0 atom stereocenters. The summed E-state index contributed by atoms with van der Waals surface area (Å²) in [6.45, 7) is 0.272. The molecule has 24 heavy (non-hydrogen) atoms. The molecule has 0 spiro atoms. The van der Waals surface area contributed by atoms with Crippen LogP contribution in [-0.4, -0.2) is 25.8 Å². The number of hydrogen-bond acceptors (Lipinski definition) is 4. The van der Waals surface area contributed by atoms with Crippen molar-refractivity contribution in [1.82, 2.24) is 14.8 Å². The van der Waals surface area contributed by atoms with Gasteiger partial charge in [-0.25, -0.2) is 9.67 Å². The average Bonchev–Trinajstić information content (AvgIpc) is 3.09. The number of aryl methyl sites for hydroxylation is 1. The van der Waals surface area contributed by atoms with Crippen LogP contribution >= 0.6 is 0 Å². The number of rotatable bonds is 7. The van der Waals surface area contributed by atoms with Crippen LogP contribution in [0.5, 0.6) is 5.75 Å². The molecule has 3 rings (SSSR count). The number of aliphatic carboxylic acids is 1. The Morgan fingerprint density at radius 1 is 1.08 bits per heavy atom. The first-order chi connectivity index (χ1) is 11.7. The fourth-order valence-electron chi connectivity index (χ4n) is 2.22. The summed E-state index contributed by atoms with van der Waals surface area (Å²) in [5, 5.41) is 13.1. The van der Waals surface area contributed by atoms with Crippen LogP contribution in [-0.2, 0) is 17.8 Å². The zero-order valence-electron chi connectivity index (χ0n) is 13.0. The lowest BCUT2D eigenvalue weighted by Gasteiger charge is -2.05. The first-order valence-electron chi connectivity index (χ1n) is 7.60. The maximum Gasteiger partial charge on any atom is 0.303 e. The van der Waals surface area contributed by atoms with E-state index in [9.17, 15) is 4.79 Å². The number of nitrogens with zero attached hydrogens (tertiary/aromatic N) is 3. The zero-order valence-corrected chi connectivity index (χ0v) is 13.0. The number of carboxylic acids is 1. The lowest BCUT2D eigenvalue weighted by atomic mass is 10.1. The minimum atomic E-state index is -0.796. The molecule has 0 bridgehead atoms. The van der Waals surface area contributed by atoms with E-state index < -0.39 is 5.97 Å². The molecule has 1 aromatic heterocycles. The monoisotopic (exact) mass is 323 g/mol. The van der Waals surface area contributed by atoms with Crippen molar-refractivity contribution in [3.63, 3.8) is 0 Å². The third kappa shape index (κ3) is 4.19. The van der Waals surface area contributed by atoms with Crippen molar-refractivity contribution in [3.05, 3.63) is 72.3 Å². The molecule has 6 heteroatoms. The third-order valence-corrected chi connectivity index (χ3v) is 3.48. The van der Waals surface area contributed by atoms with E-state index in [0.29, 0.717) is 18.0 Å². The Morgan fingerprint density at radius 3 is 2.54 bits per heavy atom. The van der Waals surface area contributed by atoms with Crippen molar-refractivity contribution in [2.45, 2.75) is 19.4 Å². The van der Waals surface area contributed by atoms with Gasteiger partial charge in [-0.3, -0.25) is 4.79 Å². The second-order valence-electron chi connectivity index (χ2n) is 5.27. The van der Waals surface area contributed by atoms with Gasteiger partial charge in [0.1, 0.15) is 18.7 Å². The van der Waals surface area contributed by atoms with Crippen LogP contribution in [0, 0.1) is 0 Å². The van der Waals surface area contributed by atoms with Gasteiger partial charge in [-0.1, -0.05) is 30.3 Å². The quantitative estimate of drug-likeness (QED) is 0.723. The Morgan fingerprint density at radius 2 is 1.83 bits per heavy atom. The lowest BCUT2D eigenvalue weighted by molar-refractivity contribution is -0.136. The molecule has 1 heterocycles. The summed E-state index contributed by atoms with van der Waals surface area (Å²) < 4.78 is 7.37. The smallest absolute Gasteiger partial charge is 0.303 e. The van der Waals surface area contributed by atoms with Gasteiger partial charge in [-0.2, -0.15) is 0 Å². The molecule has 0 amide bonds. The Balaban J connectivity index is 1.56. The maximum absolute atomic E-state index is 10.6. The average molecular weight is 323 g/mol. The maximum atomic E-state index is 10.6. The van der Waals surface area contributed by atoms with E-state index in [1.807, 2.05) is 54.6 Å². The summed E-state index contributed by atoms with van der Waals surface area (Å²) in [5.74, 6) is 0.495. The van der Waals surface area contributed by atoms with Crippen LogP contribution in [0.4, 0.5) is 0 Å². The predicted molar refractivity (Wildman–Crippen MR) is 88.1 cm³/mol. The molecular formula is C18H17N3O3. The Labute approximate surface area is 139 Å². The lowest BCUT2D eigenvalue weighted by Crippen LogP contribution is -2.00. The van der Waals surface area contributed by atoms with Crippen molar-refractivity contribution >= 4 is 5.97 Å². The highest BCUT2D eigenvalue weighted by molar-refractivity contribution is 5.67. The van der Waals surface area contributed by atoms with Gasteiger partial charge in [-0.05, 0) is 36.2 Å². The van der Waals surface area contributed by atoms with E-state index >= 15 is 0 Å². The minimum Gasteiger partial charge on any atom is -0.486 e. The normalized spacial score (nSPS) is 10.5. The highest BCUT2D eigenvalue weighted by atomic mass is 16.5. The molecular weight excluding hydrogens is 306 g/mol. The van der Waals surface area contributed by atoms with Crippen molar-refractivity contribution in [2.24, 2.45) is 0 Å². The molecule has 0 aliphatic rings. The van der Waals surface area contributed by atoms with Gasteiger partial charge in [0.15, 0.2) is 5.82 Å². The highest BCUT2D eigenvalue weighted by Crippen LogP contribution is 2.15. The summed E-state index contributed by atoms with van der Waals surface area (Å²) in [7, 11) is 0. The van der Waals surface area contributed by atoms with Crippen LogP contribution in [0.1, 0.15) is 17.8 Å². The summed E-state index contributed by atoms with van der Waals surface area (Å²) in [4.78, 5) is 14.8. The number of carboxylic acid groups (broad SMARTS) is 1. The molecule has 0 saturated carbocycles. The number of para-hydroxylation sites is 1. The van der Waals surface area contributed by atoms with E-state index in [4.69, 9.17) is 9.84 Å². The number of aromatic nitrogens is 3. The second-order valence-corrected chi connectivity index (χ2v) is 5.27. The topological polar surface area (TPSA) is 77.2 Å². The molecule has 0 radical (unpaired) electrons. The van der Waals surface area contributed by atoms with Gasteiger partial charge >= 0.3 is 5.97 Å². The van der Waals surface area contributed by atoms with Crippen molar-refractivity contribution in [1.29, 1.82) is 0 Å². The first kappa shape index (κ1) is 15.7. The number of carbonyl (C=O) groups is 1. The first-order valence-corrected chi connectivity index (χ1v) is 7.60. The van der Waals surface area contributed by atoms with Crippen LogP contribution in [0.3, 0.4) is 0 Å². The van der Waals surface area contributed by atoms with E-state index in [1.54, 1.807) is 11.0 Å². The van der Waals surface area contributed by atoms with Crippen molar-refractivity contribution in [3.8, 4) is 11.4 Å². The van der Waals surface area contributed by atoms with E-state index in [0.717, 1.165) is 11.3 Å². The fourth-order valence-corrected chi connectivity index (χ4v) is 2.22. The van der Waals surface area contributed by atoms with Crippen LogP contribution in [0.25, 0.3) is 5.69 Å². The van der Waals surface area contributed by atoms with Gasteiger partial charge in [0.25, 0.3) is 0 Å². The second kappa shape index (κ2) is 7.41. The third-order valence-electron chi connectivity index (χ3n) is 3.48. The molecule has 2 aromatic carbocycles. The van der Waals surface area contributed by atoms with E-state index in [-0.39, 0.29) is 13.0 Å². The summed E-state index contributed by atoms with van der Waals surface area (Å²) >= 11 is 0. The minimum absolute atomic E-state index is 0.126. The van der Waals surface area contributed by atoms with Gasteiger partial charge in [0.2, 0.25) is 0 Å². The summed E-state index contributed by atoms with van der Waals surface area (Å²) in [6, 6.07) is 17.1. The number of benzene rings is 2. The molecule has 122 valence electrons. The largest absolute Gasteiger partial charge is 0.486 e. The number of ether oxygens (including phenoxy) is 1. The molecule has 0 fully saturated rings. The molecule has 0 saturated heterocycles. The summed E-state index contributed by atoms with van der Waals surface area (Å²) in [6.07, 6.45) is 2.29. The van der Waals surface area contributed by atoms with E-state index in [1.165, 1.54) is 0 Å². The van der Waals surface area contributed by atoms with Gasteiger partial charge in [0, 0.05) is 6.42 Å². The molecule has 0 aliphatic carbocycles. The van der Waals surface area contributed by atoms with Crippen LogP contribution in [0.2, 0.25) is 0 Å². The highest BCUT2D eigenvalue weighted by Gasteiger charge is 2.04. The molecule has 1 N–H and O–H groups in total. The fraction of sp³-hybridized carbons (Fsp3) is 0.167. The molecule has 0 aliphatic heterocycles. The van der Waals surface area contributed by atoms with Crippen molar-refractivity contribution < 1.29 is 14.6 Å². The molecule has 0 unspecified atom stereocenters. The van der Waals surface area contributed by atoms with Gasteiger partial charge in [-0.15, -0.1) is 5.10 Å². The molecule has 6 nitrogen and oxygen atoms in total. The Hall–Kier alpha value is -3.15. The standard InChI is InChI=1S/C18H17N3O3/c22-18(23)11-8-14-6-9-16(10-7-14)24-12-17-19-13-21(20-17)15-4-2-1-3-5-15/h1-7,9-10,13H,8,11-12H2,(H,22,23).